The number of hydrogen-bond acceptors (Lipinski definition) is 7. The Hall–Kier alpha value is -3.26. The predicted octanol–water partition coefficient (Wildman–Crippen LogP) is 2.75. The van der Waals surface area contributed by atoms with E-state index in [2.05, 4.69) is 10.7 Å². The third-order valence-corrected chi connectivity index (χ3v) is 5.26. The van der Waals surface area contributed by atoms with Gasteiger partial charge < -0.3 is 25.0 Å². The van der Waals surface area contributed by atoms with Crippen molar-refractivity contribution in [3.8, 4) is 28.4 Å². The number of hydrazine groups is 1. The molecule has 8 heteroatoms. The highest BCUT2D eigenvalue weighted by molar-refractivity contribution is 5.83. The zero-order valence-corrected chi connectivity index (χ0v) is 18.8. The van der Waals surface area contributed by atoms with Crippen LogP contribution in [-0.2, 0) is 11.2 Å². The number of carbonyl (C=O) groups is 1. The van der Waals surface area contributed by atoms with Crippen molar-refractivity contribution < 1.29 is 19.0 Å². The minimum atomic E-state index is -0.325. The molecule has 0 aromatic heterocycles. The van der Waals surface area contributed by atoms with Crippen LogP contribution in [0.1, 0.15) is 30.5 Å². The number of nitrogens with one attached hydrogen (secondary N) is 2. The van der Waals surface area contributed by atoms with Gasteiger partial charge in [-0.3, -0.25) is 9.59 Å². The van der Waals surface area contributed by atoms with Crippen molar-refractivity contribution in [2.24, 2.45) is 0 Å². The molecule has 1 amide bonds. The number of rotatable bonds is 6. The van der Waals surface area contributed by atoms with E-state index in [9.17, 15) is 9.59 Å². The molecule has 0 unspecified atom stereocenters. The zero-order chi connectivity index (χ0) is 22.7. The molecular weight excluding hydrogens is 398 g/mol. The number of benzene rings is 1. The second-order valence-electron chi connectivity index (χ2n) is 7.60. The Kier molecular flexibility index (Phi) is 6.70. The van der Waals surface area contributed by atoms with Crippen molar-refractivity contribution in [3.05, 3.63) is 45.6 Å². The van der Waals surface area contributed by atoms with Crippen molar-refractivity contribution >= 4 is 11.6 Å². The highest BCUT2D eigenvalue weighted by atomic mass is 16.5. The number of ether oxygens (including phenoxy) is 3. The number of hydrogen-bond donors (Lipinski definition) is 2. The van der Waals surface area contributed by atoms with Crippen LogP contribution in [0.15, 0.2) is 29.1 Å². The van der Waals surface area contributed by atoms with E-state index in [0.29, 0.717) is 35.8 Å². The van der Waals surface area contributed by atoms with Gasteiger partial charge in [0.15, 0.2) is 11.5 Å². The Morgan fingerprint density at radius 2 is 1.77 bits per heavy atom. The predicted molar refractivity (Wildman–Crippen MR) is 120 cm³/mol. The molecule has 31 heavy (non-hydrogen) atoms. The van der Waals surface area contributed by atoms with Gasteiger partial charge in [0.05, 0.1) is 33.1 Å². The molecular formula is C23H29N3O5. The molecule has 2 N–H and O–H groups in total. The lowest BCUT2D eigenvalue weighted by molar-refractivity contribution is -0.119. The summed E-state index contributed by atoms with van der Waals surface area (Å²) in [4.78, 5) is 24.9. The van der Waals surface area contributed by atoms with Gasteiger partial charge in [-0.1, -0.05) is 6.07 Å². The van der Waals surface area contributed by atoms with Gasteiger partial charge in [0.25, 0.3) is 0 Å². The molecule has 166 valence electrons. The lowest BCUT2D eigenvalue weighted by atomic mass is 9.95. The topological polar surface area (TPSA) is 89.1 Å². The fourth-order valence-corrected chi connectivity index (χ4v) is 4.04. The molecule has 0 spiro atoms. The van der Waals surface area contributed by atoms with Gasteiger partial charge in [0.2, 0.25) is 17.1 Å². The zero-order valence-electron chi connectivity index (χ0n) is 18.8. The van der Waals surface area contributed by atoms with E-state index in [0.717, 1.165) is 22.3 Å². The molecule has 0 saturated heterocycles. The molecule has 0 heterocycles. The molecule has 8 nitrogen and oxygen atoms in total. The van der Waals surface area contributed by atoms with Crippen LogP contribution in [0.2, 0.25) is 0 Å². The third-order valence-electron chi connectivity index (χ3n) is 5.26. The summed E-state index contributed by atoms with van der Waals surface area (Å²) in [7, 11) is 8.34. The van der Waals surface area contributed by atoms with Gasteiger partial charge in [0.1, 0.15) is 0 Å². The van der Waals surface area contributed by atoms with E-state index < -0.39 is 0 Å². The van der Waals surface area contributed by atoms with Crippen molar-refractivity contribution in [2.45, 2.75) is 25.8 Å². The Morgan fingerprint density at radius 3 is 2.35 bits per heavy atom. The Bertz CT molecular complexity index is 1050. The first-order valence-electron chi connectivity index (χ1n) is 10.0. The third kappa shape index (κ3) is 4.44. The van der Waals surface area contributed by atoms with Crippen LogP contribution < -0.4 is 30.4 Å². The van der Waals surface area contributed by atoms with Crippen molar-refractivity contribution in [3.63, 3.8) is 0 Å². The maximum Gasteiger partial charge on any atom is 0.217 e. The lowest BCUT2D eigenvalue weighted by Crippen LogP contribution is -2.27. The van der Waals surface area contributed by atoms with Crippen LogP contribution >= 0.6 is 0 Å². The minimum absolute atomic E-state index is 0.158. The summed E-state index contributed by atoms with van der Waals surface area (Å²) in [5, 5.41) is 4.70. The van der Waals surface area contributed by atoms with Crippen LogP contribution in [0.3, 0.4) is 0 Å². The lowest BCUT2D eigenvalue weighted by Gasteiger charge is -2.19. The van der Waals surface area contributed by atoms with Crippen LogP contribution in [0.5, 0.6) is 17.2 Å². The summed E-state index contributed by atoms with van der Waals surface area (Å²) < 4.78 is 16.9. The number of amides is 1. The first-order valence-corrected chi connectivity index (χ1v) is 10.0. The molecule has 0 radical (unpaired) electrons. The number of anilines is 1. The molecule has 1 aliphatic carbocycles. The first kappa shape index (κ1) is 22.4. The van der Waals surface area contributed by atoms with Crippen molar-refractivity contribution in [1.82, 2.24) is 10.3 Å². The first-order chi connectivity index (χ1) is 14.8. The second kappa shape index (κ2) is 9.26. The number of carbonyl (C=O) groups excluding carboxylic acids is 1. The van der Waals surface area contributed by atoms with Crippen molar-refractivity contribution in [2.75, 3.05) is 40.9 Å². The highest BCUT2D eigenvalue weighted by Gasteiger charge is 2.29. The van der Waals surface area contributed by atoms with Gasteiger partial charge in [-0.15, -0.1) is 0 Å². The summed E-state index contributed by atoms with van der Waals surface area (Å²) in [5.41, 5.74) is 6.65. The second-order valence-corrected chi connectivity index (χ2v) is 7.60. The largest absolute Gasteiger partial charge is 0.493 e. The molecule has 0 bridgehead atoms. The standard InChI is InChI=1S/C23H29N3O5/c1-13(27)24-17-9-7-14-11-20(29-4)22(30-5)23(31-6)21(14)15-8-10-18(25-26(2)3)19(28)12-16(15)17/h8,10-12,17H,7,9H2,1-6H3,(H,24,27)(H,25,28)/t17-/m0/s1. The van der Waals surface area contributed by atoms with Crippen LogP contribution in [0.4, 0.5) is 5.69 Å². The van der Waals surface area contributed by atoms with Gasteiger partial charge in [-0.25, -0.2) is 5.01 Å². The SMILES string of the molecule is COc1cc2c(c(OC)c1OC)-c1ccc(NN(C)C)c(=O)cc1[C@@H](NC(C)=O)CC2. The van der Waals surface area contributed by atoms with Gasteiger partial charge >= 0.3 is 0 Å². The average Bonchev–Trinajstić information content (AvgIpc) is 2.96. The summed E-state index contributed by atoms with van der Waals surface area (Å²) in [6, 6.07) is 6.83. The molecule has 1 aliphatic rings. The maximum absolute atomic E-state index is 13.0. The summed E-state index contributed by atoms with van der Waals surface area (Å²) in [6.07, 6.45) is 1.28. The van der Waals surface area contributed by atoms with E-state index in [4.69, 9.17) is 14.2 Å². The maximum atomic E-state index is 13.0. The van der Waals surface area contributed by atoms with Gasteiger partial charge in [-0.2, -0.15) is 0 Å². The Balaban J connectivity index is 2.38. The summed E-state index contributed by atoms with van der Waals surface area (Å²) >= 11 is 0. The number of aryl methyl sites for hydroxylation is 1. The average molecular weight is 428 g/mol. The Labute approximate surface area is 182 Å². The van der Waals surface area contributed by atoms with Gasteiger partial charge in [-0.05, 0) is 47.7 Å². The summed E-state index contributed by atoms with van der Waals surface area (Å²) in [6.45, 7) is 1.48. The minimum Gasteiger partial charge on any atom is -0.493 e. The molecule has 2 aromatic rings. The van der Waals surface area contributed by atoms with E-state index in [1.54, 1.807) is 38.5 Å². The number of methoxy groups -OCH3 is 3. The van der Waals surface area contributed by atoms with E-state index >= 15 is 0 Å². The van der Waals surface area contributed by atoms with E-state index in [1.165, 1.54) is 6.92 Å². The molecule has 2 aromatic carbocycles. The fourth-order valence-electron chi connectivity index (χ4n) is 4.04. The fraction of sp³-hybridized carbons (Fsp3) is 0.391. The van der Waals surface area contributed by atoms with Crippen LogP contribution in [0.25, 0.3) is 11.1 Å². The number of fused-ring (bicyclic) bond motifs is 3. The monoisotopic (exact) mass is 427 g/mol. The quantitative estimate of drug-likeness (QED) is 0.685. The molecule has 0 fully saturated rings. The Morgan fingerprint density at radius 1 is 1.06 bits per heavy atom. The van der Waals surface area contributed by atoms with Gasteiger partial charge in [0, 0.05) is 26.6 Å². The molecule has 0 aliphatic heterocycles. The number of nitrogens with zero attached hydrogens (tertiary/aromatic N) is 1. The smallest absolute Gasteiger partial charge is 0.217 e. The van der Waals surface area contributed by atoms with Crippen LogP contribution in [-0.4, -0.2) is 46.3 Å². The van der Waals surface area contributed by atoms with Crippen LogP contribution in [0, 0.1) is 0 Å². The molecule has 1 atom stereocenters. The normalized spacial score (nSPS) is 14.7. The van der Waals surface area contributed by atoms with E-state index in [-0.39, 0.29) is 17.4 Å². The van der Waals surface area contributed by atoms with Crippen molar-refractivity contribution in [1.29, 1.82) is 0 Å². The van der Waals surface area contributed by atoms with E-state index in [1.807, 2.05) is 26.2 Å². The summed E-state index contributed by atoms with van der Waals surface area (Å²) in [5.74, 6) is 1.42. The highest BCUT2D eigenvalue weighted by Crippen LogP contribution is 2.50. The molecule has 3 rings (SSSR count). The molecule has 0 saturated carbocycles.